The molecule has 3 N–H and O–H groups in total. The van der Waals surface area contributed by atoms with E-state index in [4.69, 9.17) is 10.5 Å². The molecule has 0 aliphatic carbocycles. The van der Waals surface area contributed by atoms with Crippen LogP contribution in [0.15, 0.2) is 6.07 Å². The minimum Gasteiger partial charge on any atom is -0.376 e. The van der Waals surface area contributed by atoms with Gasteiger partial charge in [-0.3, -0.25) is 4.79 Å². The van der Waals surface area contributed by atoms with Gasteiger partial charge in [-0.2, -0.15) is 0 Å². The van der Waals surface area contributed by atoms with E-state index < -0.39 is 0 Å². The van der Waals surface area contributed by atoms with Crippen molar-refractivity contribution in [3.05, 3.63) is 21.4 Å². The van der Waals surface area contributed by atoms with Crippen LogP contribution < -0.4 is 11.1 Å². The molecule has 1 amide bonds. The average molecular weight is 319 g/mol. The molecule has 0 saturated heterocycles. The number of halogens is 1. The van der Waals surface area contributed by atoms with Crippen LogP contribution in [0.1, 0.15) is 46.8 Å². The normalized spacial score (nSPS) is 14.3. The number of amides is 1. The summed E-state index contributed by atoms with van der Waals surface area (Å²) in [4.78, 5) is 14.4. The summed E-state index contributed by atoms with van der Waals surface area (Å²) in [7, 11) is 0. The number of rotatable bonds is 5. The highest BCUT2D eigenvalue weighted by molar-refractivity contribution is 7.14. The van der Waals surface area contributed by atoms with Crippen molar-refractivity contribution in [2.24, 2.45) is 5.73 Å². The molecule has 0 saturated carbocycles. The standard InChI is InChI=1S/C14H22N2O2S.ClH/c1-3-14(4-2,9-15)16-13(17)12-7-10-8-18-6-5-11(10)19-12;/h7H,3-6,8-9,15H2,1-2H3,(H,16,17);1H. The maximum atomic E-state index is 12.4. The number of nitrogens with two attached hydrogens (primary N) is 1. The summed E-state index contributed by atoms with van der Waals surface area (Å²) in [5.41, 5.74) is 6.70. The fourth-order valence-electron chi connectivity index (χ4n) is 2.33. The van der Waals surface area contributed by atoms with Gasteiger partial charge in [0, 0.05) is 17.8 Å². The predicted molar refractivity (Wildman–Crippen MR) is 84.8 cm³/mol. The molecule has 1 aliphatic rings. The smallest absolute Gasteiger partial charge is 0.261 e. The van der Waals surface area contributed by atoms with Gasteiger partial charge >= 0.3 is 0 Å². The van der Waals surface area contributed by atoms with E-state index in [1.54, 1.807) is 11.3 Å². The Morgan fingerprint density at radius 3 is 2.75 bits per heavy atom. The van der Waals surface area contributed by atoms with E-state index >= 15 is 0 Å². The van der Waals surface area contributed by atoms with Crippen LogP contribution in [0.4, 0.5) is 0 Å². The van der Waals surface area contributed by atoms with Crippen LogP contribution in [0.2, 0.25) is 0 Å². The number of carbonyl (C=O) groups is 1. The number of thiophene rings is 1. The van der Waals surface area contributed by atoms with Crippen LogP contribution >= 0.6 is 23.7 Å². The number of hydrogen-bond donors (Lipinski definition) is 2. The molecule has 0 spiro atoms. The molecule has 4 nitrogen and oxygen atoms in total. The highest BCUT2D eigenvalue weighted by Gasteiger charge is 2.28. The minimum atomic E-state index is -0.280. The van der Waals surface area contributed by atoms with Gasteiger partial charge in [0.1, 0.15) is 0 Å². The second-order valence-electron chi connectivity index (χ2n) is 5.01. The third-order valence-corrected chi connectivity index (χ3v) is 5.21. The number of hydrogen-bond acceptors (Lipinski definition) is 4. The number of ether oxygens (including phenoxy) is 1. The molecule has 6 heteroatoms. The van der Waals surface area contributed by atoms with Crippen molar-refractivity contribution in [1.82, 2.24) is 5.32 Å². The maximum Gasteiger partial charge on any atom is 0.261 e. The topological polar surface area (TPSA) is 64.3 Å². The van der Waals surface area contributed by atoms with Crippen molar-refractivity contribution in [1.29, 1.82) is 0 Å². The first-order valence-corrected chi connectivity index (χ1v) is 7.67. The molecule has 0 atom stereocenters. The van der Waals surface area contributed by atoms with Gasteiger partial charge in [0.2, 0.25) is 0 Å². The zero-order chi connectivity index (χ0) is 13.9. The van der Waals surface area contributed by atoms with Gasteiger partial charge in [-0.25, -0.2) is 0 Å². The molecule has 1 aromatic rings. The number of carbonyl (C=O) groups excluding carboxylic acids is 1. The summed E-state index contributed by atoms with van der Waals surface area (Å²) in [6.45, 7) is 5.97. The van der Waals surface area contributed by atoms with Crippen molar-refractivity contribution in [2.75, 3.05) is 13.2 Å². The van der Waals surface area contributed by atoms with E-state index in [2.05, 4.69) is 19.2 Å². The third kappa shape index (κ3) is 3.52. The lowest BCUT2D eigenvalue weighted by Gasteiger charge is -2.31. The zero-order valence-corrected chi connectivity index (χ0v) is 13.7. The molecule has 2 heterocycles. The fourth-order valence-corrected chi connectivity index (χ4v) is 3.37. The Morgan fingerprint density at radius 1 is 1.50 bits per heavy atom. The average Bonchev–Trinajstić information content (AvgIpc) is 2.89. The molecule has 0 fully saturated rings. The van der Waals surface area contributed by atoms with E-state index in [9.17, 15) is 4.79 Å². The Kier molecular flexibility index (Phi) is 6.45. The quantitative estimate of drug-likeness (QED) is 0.876. The summed E-state index contributed by atoms with van der Waals surface area (Å²) in [6.07, 6.45) is 2.61. The lowest BCUT2D eigenvalue weighted by atomic mass is 9.93. The van der Waals surface area contributed by atoms with E-state index in [0.717, 1.165) is 36.3 Å². The van der Waals surface area contributed by atoms with Crippen molar-refractivity contribution < 1.29 is 9.53 Å². The van der Waals surface area contributed by atoms with Gasteiger partial charge in [0.25, 0.3) is 5.91 Å². The van der Waals surface area contributed by atoms with Crippen molar-refractivity contribution in [3.8, 4) is 0 Å². The summed E-state index contributed by atoms with van der Waals surface area (Å²) in [5, 5.41) is 3.11. The molecule has 20 heavy (non-hydrogen) atoms. The highest BCUT2D eigenvalue weighted by Crippen LogP contribution is 2.27. The largest absolute Gasteiger partial charge is 0.376 e. The van der Waals surface area contributed by atoms with E-state index in [1.807, 2.05) is 6.07 Å². The lowest BCUT2D eigenvalue weighted by molar-refractivity contribution is 0.0899. The second-order valence-corrected chi connectivity index (χ2v) is 6.14. The van der Waals surface area contributed by atoms with Gasteiger partial charge in [-0.1, -0.05) is 13.8 Å². The SMILES string of the molecule is CCC(CC)(CN)NC(=O)c1cc2c(s1)CCOC2.Cl. The molecule has 0 bridgehead atoms. The van der Waals surface area contributed by atoms with Crippen LogP contribution in [0.25, 0.3) is 0 Å². The number of fused-ring (bicyclic) bond motifs is 1. The predicted octanol–water partition coefficient (Wildman–Crippen LogP) is 2.49. The van der Waals surface area contributed by atoms with E-state index in [0.29, 0.717) is 13.2 Å². The third-order valence-electron chi connectivity index (χ3n) is 3.97. The minimum absolute atomic E-state index is 0. The molecule has 2 rings (SSSR count). The summed E-state index contributed by atoms with van der Waals surface area (Å²) in [5.74, 6) is -0.00597. The zero-order valence-electron chi connectivity index (χ0n) is 12.0. The molecule has 0 aromatic carbocycles. The first-order valence-electron chi connectivity index (χ1n) is 6.86. The van der Waals surface area contributed by atoms with Gasteiger partial charge < -0.3 is 15.8 Å². The molecule has 1 aliphatic heterocycles. The summed E-state index contributed by atoms with van der Waals surface area (Å²) >= 11 is 1.58. The second kappa shape index (κ2) is 7.41. The van der Waals surface area contributed by atoms with Gasteiger partial charge in [-0.05, 0) is 24.5 Å². The fraction of sp³-hybridized carbons (Fsp3) is 0.643. The van der Waals surface area contributed by atoms with Crippen LogP contribution in [-0.4, -0.2) is 24.6 Å². The Balaban J connectivity index is 0.00000200. The Labute approximate surface area is 130 Å². The monoisotopic (exact) mass is 318 g/mol. The number of nitrogens with one attached hydrogen (secondary N) is 1. The van der Waals surface area contributed by atoms with Crippen molar-refractivity contribution in [2.45, 2.75) is 45.3 Å². The Hall–Kier alpha value is -0.620. The molecule has 1 aromatic heterocycles. The first-order chi connectivity index (χ1) is 9.14. The van der Waals surface area contributed by atoms with E-state index in [-0.39, 0.29) is 23.9 Å². The highest BCUT2D eigenvalue weighted by atomic mass is 35.5. The molecule has 114 valence electrons. The molecular formula is C14H23ClN2O2S. The van der Waals surface area contributed by atoms with Crippen molar-refractivity contribution >= 4 is 29.7 Å². The van der Waals surface area contributed by atoms with Gasteiger partial charge in [0.15, 0.2) is 0 Å². The molecular weight excluding hydrogens is 296 g/mol. The first kappa shape index (κ1) is 17.4. The van der Waals surface area contributed by atoms with Crippen LogP contribution in [0.3, 0.4) is 0 Å². The maximum absolute atomic E-state index is 12.4. The van der Waals surface area contributed by atoms with Crippen LogP contribution in [0.5, 0.6) is 0 Å². The Morgan fingerprint density at radius 2 is 2.20 bits per heavy atom. The lowest BCUT2D eigenvalue weighted by Crippen LogP contribution is -2.52. The Bertz CT molecular complexity index is 426. The van der Waals surface area contributed by atoms with Crippen LogP contribution in [0, 0.1) is 0 Å². The van der Waals surface area contributed by atoms with Crippen molar-refractivity contribution in [3.63, 3.8) is 0 Å². The molecule has 0 unspecified atom stereocenters. The van der Waals surface area contributed by atoms with Gasteiger partial charge in [0.05, 0.1) is 23.6 Å². The summed E-state index contributed by atoms with van der Waals surface area (Å²) < 4.78 is 5.41. The van der Waals surface area contributed by atoms with E-state index in [1.165, 1.54) is 4.88 Å². The van der Waals surface area contributed by atoms with Gasteiger partial charge in [-0.15, -0.1) is 23.7 Å². The van der Waals surface area contributed by atoms with Crippen LogP contribution in [-0.2, 0) is 17.8 Å². The summed E-state index contributed by atoms with van der Waals surface area (Å²) in [6, 6.07) is 1.96. The molecule has 0 radical (unpaired) electrons.